The normalized spacial score (nSPS) is 12.0. The van der Waals surface area contributed by atoms with E-state index in [-0.39, 0.29) is 16.1 Å². The van der Waals surface area contributed by atoms with Crippen LogP contribution in [0.25, 0.3) is 0 Å². The van der Waals surface area contributed by atoms with Gasteiger partial charge in [-0.05, 0) is 36.1 Å². The average molecular weight is 331 g/mol. The highest BCUT2D eigenvalue weighted by Crippen LogP contribution is 2.30. The van der Waals surface area contributed by atoms with Gasteiger partial charge in [-0.2, -0.15) is 0 Å². The molecule has 2 aromatic rings. The van der Waals surface area contributed by atoms with Crippen LogP contribution < -0.4 is 4.72 Å². The van der Waals surface area contributed by atoms with E-state index in [0.29, 0.717) is 11.3 Å². The standard InChI is InChI=1S/C18H21NO3S/c1-13(20)14-8-7-9-15(12-14)23(21,22)19-17-11-6-5-10-16(17)18(2,3)4/h5-12,19H,1-4H3. The van der Waals surface area contributed by atoms with Crippen molar-refractivity contribution in [1.29, 1.82) is 0 Å². The van der Waals surface area contributed by atoms with Crippen LogP contribution in [0, 0.1) is 0 Å². The SMILES string of the molecule is CC(=O)c1cccc(S(=O)(=O)Nc2ccccc2C(C)(C)C)c1. The third-order valence-corrected chi connectivity index (χ3v) is 4.89. The maximum atomic E-state index is 12.6. The van der Waals surface area contributed by atoms with Gasteiger partial charge in [0.1, 0.15) is 0 Å². The molecular formula is C18H21NO3S. The van der Waals surface area contributed by atoms with Gasteiger partial charge in [0.25, 0.3) is 10.0 Å². The van der Waals surface area contributed by atoms with Crippen LogP contribution >= 0.6 is 0 Å². The zero-order chi connectivity index (χ0) is 17.3. The fourth-order valence-corrected chi connectivity index (χ4v) is 3.44. The highest BCUT2D eigenvalue weighted by molar-refractivity contribution is 7.92. The lowest BCUT2D eigenvalue weighted by Gasteiger charge is -2.23. The zero-order valence-corrected chi connectivity index (χ0v) is 14.6. The summed E-state index contributed by atoms with van der Waals surface area (Å²) in [6.45, 7) is 7.48. The Bertz CT molecular complexity index is 833. The first-order valence-corrected chi connectivity index (χ1v) is 8.83. The number of ketones is 1. The smallest absolute Gasteiger partial charge is 0.261 e. The van der Waals surface area contributed by atoms with Gasteiger partial charge in [0.2, 0.25) is 0 Å². The molecule has 0 spiro atoms. The van der Waals surface area contributed by atoms with Gasteiger partial charge < -0.3 is 0 Å². The van der Waals surface area contributed by atoms with Crippen molar-refractivity contribution in [2.24, 2.45) is 0 Å². The number of anilines is 1. The Morgan fingerprint density at radius 2 is 1.65 bits per heavy atom. The molecule has 0 unspecified atom stereocenters. The molecular weight excluding hydrogens is 310 g/mol. The molecule has 0 aromatic heterocycles. The molecule has 122 valence electrons. The highest BCUT2D eigenvalue weighted by Gasteiger charge is 2.22. The molecule has 0 heterocycles. The van der Waals surface area contributed by atoms with Gasteiger partial charge in [0.05, 0.1) is 10.6 Å². The van der Waals surface area contributed by atoms with Gasteiger partial charge in [-0.15, -0.1) is 0 Å². The van der Waals surface area contributed by atoms with Gasteiger partial charge in [0.15, 0.2) is 5.78 Å². The molecule has 0 fully saturated rings. The lowest BCUT2D eigenvalue weighted by Crippen LogP contribution is -2.19. The van der Waals surface area contributed by atoms with Crippen LogP contribution in [0.5, 0.6) is 0 Å². The Kier molecular flexibility index (Phi) is 4.61. The molecule has 2 aromatic carbocycles. The first-order chi connectivity index (χ1) is 10.6. The molecule has 0 aliphatic rings. The minimum absolute atomic E-state index is 0.0777. The molecule has 4 nitrogen and oxygen atoms in total. The third kappa shape index (κ3) is 3.99. The summed E-state index contributed by atoms with van der Waals surface area (Å²) in [5, 5.41) is 0. The number of hydrogen-bond acceptors (Lipinski definition) is 3. The fourth-order valence-electron chi connectivity index (χ4n) is 2.31. The number of Topliss-reactive ketones (excluding diaryl/α,β-unsaturated/α-hetero) is 1. The molecule has 1 N–H and O–H groups in total. The second kappa shape index (κ2) is 6.16. The second-order valence-corrected chi connectivity index (χ2v) is 8.17. The first kappa shape index (κ1) is 17.2. The summed E-state index contributed by atoms with van der Waals surface area (Å²) in [4.78, 5) is 11.5. The Balaban J connectivity index is 2.44. The number of nitrogens with one attached hydrogen (secondary N) is 1. The van der Waals surface area contributed by atoms with Crippen LogP contribution in [0.4, 0.5) is 5.69 Å². The lowest BCUT2D eigenvalue weighted by molar-refractivity contribution is 0.101. The Morgan fingerprint density at radius 3 is 2.26 bits per heavy atom. The molecule has 0 aliphatic carbocycles. The van der Waals surface area contributed by atoms with Crippen molar-refractivity contribution in [2.45, 2.75) is 38.0 Å². The average Bonchev–Trinajstić information content (AvgIpc) is 2.46. The van der Waals surface area contributed by atoms with E-state index in [1.54, 1.807) is 24.3 Å². The summed E-state index contributed by atoms with van der Waals surface area (Å²) in [5.74, 6) is -0.169. The number of carbonyl (C=O) groups is 1. The van der Waals surface area contributed by atoms with E-state index in [4.69, 9.17) is 0 Å². The molecule has 2 rings (SSSR count). The summed E-state index contributed by atoms with van der Waals surface area (Å²) in [6, 6.07) is 13.4. The van der Waals surface area contributed by atoms with Crippen LogP contribution in [0.2, 0.25) is 0 Å². The van der Waals surface area contributed by atoms with E-state index in [0.717, 1.165) is 5.56 Å². The van der Waals surface area contributed by atoms with Crippen molar-refractivity contribution in [3.63, 3.8) is 0 Å². The largest absolute Gasteiger partial charge is 0.295 e. The van der Waals surface area contributed by atoms with Crippen molar-refractivity contribution in [3.8, 4) is 0 Å². The van der Waals surface area contributed by atoms with E-state index < -0.39 is 10.0 Å². The molecule has 0 radical (unpaired) electrons. The van der Waals surface area contributed by atoms with Gasteiger partial charge in [-0.3, -0.25) is 9.52 Å². The van der Waals surface area contributed by atoms with Crippen LogP contribution in [0.1, 0.15) is 43.6 Å². The summed E-state index contributed by atoms with van der Waals surface area (Å²) in [5.41, 5.74) is 1.64. The van der Waals surface area contributed by atoms with E-state index in [2.05, 4.69) is 4.72 Å². The molecule has 0 amide bonds. The van der Waals surface area contributed by atoms with E-state index in [1.165, 1.54) is 19.1 Å². The minimum Gasteiger partial charge on any atom is -0.295 e. The fraction of sp³-hybridized carbons (Fsp3) is 0.278. The Labute approximate surface area is 137 Å². The molecule has 0 saturated heterocycles. The summed E-state index contributed by atoms with van der Waals surface area (Å²) in [7, 11) is -3.75. The quantitative estimate of drug-likeness (QED) is 0.862. The number of hydrogen-bond donors (Lipinski definition) is 1. The molecule has 0 aliphatic heterocycles. The Hall–Kier alpha value is -2.14. The van der Waals surface area contributed by atoms with E-state index in [9.17, 15) is 13.2 Å². The van der Waals surface area contributed by atoms with Gasteiger partial charge in [-0.25, -0.2) is 8.42 Å². The van der Waals surface area contributed by atoms with Crippen LogP contribution in [-0.4, -0.2) is 14.2 Å². The predicted molar refractivity (Wildman–Crippen MR) is 92.4 cm³/mol. The lowest BCUT2D eigenvalue weighted by atomic mass is 9.86. The molecule has 0 bridgehead atoms. The number of sulfonamides is 1. The van der Waals surface area contributed by atoms with E-state index in [1.807, 2.05) is 32.9 Å². The van der Waals surface area contributed by atoms with Crippen molar-refractivity contribution in [2.75, 3.05) is 4.72 Å². The van der Waals surface area contributed by atoms with Crippen molar-refractivity contribution in [1.82, 2.24) is 0 Å². The van der Waals surface area contributed by atoms with Gasteiger partial charge in [-0.1, -0.05) is 51.1 Å². The minimum atomic E-state index is -3.75. The summed E-state index contributed by atoms with van der Waals surface area (Å²) in [6.07, 6.45) is 0. The molecule has 0 saturated carbocycles. The summed E-state index contributed by atoms with van der Waals surface area (Å²) >= 11 is 0. The monoisotopic (exact) mass is 331 g/mol. The number of benzene rings is 2. The van der Waals surface area contributed by atoms with Crippen molar-refractivity contribution >= 4 is 21.5 Å². The third-order valence-electron chi connectivity index (χ3n) is 3.53. The maximum absolute atomic E-state index is 12.6. The zero-order valence-electron chi connectivity index (χ0n) is 13.8. The van der Waals surface area contributed by atoms with Crippen LogP contribution in [0.15, 0.2) is 53.4 Å². The number of para-hydroxylation sites is 1. The Morgan fingerprint density at radius 1 is 1.00 bits per heavy atom. The van der Waals surface area contributed by atoms with Crippen LogP contribution in [-0.2, 0) is 15.4 Å². The van der Waals surface area contributed by atoms with Gasteiger partial charge in [0, 0.05) is 5.56 Å². The van der Waals surface area contributed by atoms with Crippen molar-refractivity contribution in [3.05, 3.63) is 59.7 Å². The highest BCUT2D eigenvalue weighted by atomic mass is 32.2. The predicted octanol–water partition coefficient (Wildman–Crippen LogP) is 3.99. The second-order valence-electron chi connectivity index (χ2n) is 6.49. The molecule has 23 heavy (non-hydrogen) atoms. The van der Waals surface area contributed by atoms with Gasteiger partial charge >= 0.3 is 0 Å². The molecule has 0 atom stereocenters. The number of rotatable bonds is 4. The first-order valence-electron chi connectivity index (χ1n) is 7.34. The molecule has 5 heteroatoms. The topological polar surface area (TPSA) is 63.2 Å². The summed E-state index contributed by atoms with van der Waals surface area (Å²) < 4.78 is 27.9. The van der Waals surface area contributed by atoms with E-state index >= 15 is 0 Å². The van der Waals surface area contributed by atoms with Crippen molar-refractivity contribution < 1.29 is 13.2 Å². The number of carbonyl (C=O) groups excluding carboxylic acids is 1. The maximum Gasteiger partial charge on any atom is 0.261 e. The van der Waals surface area contributed by atoms with Crippen LogP contribution in [0.3, 0.4) is 0 Å².